The van der Waals surface area contributed by atoms with Crippen LogP contribution in [-0.4, -0.2) is 54.9 Å². The van der Waals surface area contributed by atoms with Crippen molar-refractivity contribution in [1.82, 2.24) is 9.80 Å². The van der Waals surface area contributed by atoms with Gasteiger partial charge in [0.25, 0.3) is 5.91 Å². The molecule has 0 spiro atoms. The molecule has 3 rings (SSSR count). The number of halogens is 1. The topological polar surface area (TPSA) is 49.9 Å². The monoisotopic (exact) mass is 320 g/mol. The van der Waals surface area contributed by atoms with E-state index in [9.17, 15) is 14.0 Å². The van der Waals surface area contributed by atoms with E-state index in [1.165, 1.54) is 19.2 Å². The van der Waals surface area contributed by atoms with Crippen LogP contribution in [0, 0.1) is 11.7 Å². The normalized spacial score (nSPS) is 18.5. The summed E-state index contributed by atoms with van der Waals surface area (Å²) in [5, 5.41) is 0. The molecule has 5 nitrogen and oxygen atoms in total. The molecule has 0 atom stereocenters. The molecule has 1 aliphatic heterocycles. The minimum absolute atomic E-state index is 0.0168. The minimum atomic E-state index is -0.632. The first-order valence-electron chi connectivity index (χ1n) is 8.02. The van der Waals surface area contributed by atoms with Crippen molar-refractivity contribution in [2.45, 2.75) is 19.3 Å². The van der Waals surface area contributed by atoms with Crippen molar-refractivity contribution >= 4 is 11.8 Å². The Bertz CT molecular complexity index is 608. The molecule has 2 amide bonds. The lowest BCUT2D eigenvalue weighted by molar-refractivity contribution is -0.139. The summed E-state index contributed by atoms with van der Waals surface area (Å²) in [7, 11) is 1.37. The molecular weight excluding hydrogens is 299 g/mol. The van der Waals surface area contributed by atoms with Gasteiger partial charge in [0.1, 0.15) is 0 Å². The second-order valence-corrected chi connectivity index (χ2v) is 6.07. The molecule has 2 aliphatic rings. The number of rotatable bonds is 3. The Morgan fingerprint density at radius 3 is 2.35 bits per heavy atom. The Hall–Kier alpha value is -2.11. The van der Waals surface area contributed by atoms with Crippen molar-refractivity contribution in [3.63, 3.8) is 0 Å². The van der Waals surface area contributed by atoms with Crippen LogP contribution in [-0.2, 0) is 4.79 Å². The third-order valence-electron chi connectivity index (χ3n) is 4.75. The van der Waals surface area contributed by atoms with Crippen LogP contribution in [0.15, 0.2) is 18.2 Å². The van der Waals surface area contributed by atoms with E-state index in [1.54, 1.807) is 11.0 Å². The van der Waals surface area contributed by atoms with Gasteiger partial charge in [-0.3, -0.25) is 9.59 Å². The van der Waals surface area contributed by atoms with E-state index >= 15 is 0 Å². The Morgan fingerprint density at radius 2 is 1.78 bits per heavy atom. The minimum Gasteiger partial charge on any atom is -0.494 e. The third kappa shape index (κ3) is 3.02. The quantitative estimate of drug-likeness (QED) is 0.855. The van der Waals surface area contributed by atoms with E-state index in [4.69, 9.17) is 4.74 Å². The van der Waals surface area contributed by atoms with Crippen molar-refractivity contribution in [3.8, 4) is 5.75 Å². The highest BCUT2D eigenvalue weighted by Crippen LogP contribution is 2.29. The molecule has 0 unspecified atom stereocenters. The predicted molar refractivity (Wildman–Crippen MR) is 82.8 cm³/mol. The maximum atomic E-state index is 14.2. The Balaban J connectivity index is 1.63. The van der Waals surface area contributed by atoms with Gasteiger partial charge in [-0.15, -0.1) is 0 Å². The molecule has 0 radical (unpaired) electrons. The first-order chi connectivity index (χ1) is 11.1. The van der Waals surface area contributed by atoms with Crippen LogP contribution in [0.3, 0.4) is 0 Å². The average molecular weight is 320 g/mol. The van der Waals surface area contributed by atoms with Crippen molar-refractivity contribution in [3.05, 3.63) is 29.6 Å². The zero-order chi connectivity index (χ0) is 16.4. The SMILES string of the molecule is COc1cccc(C(=O)N2CCN(C(=O)C3CCC3)CC2)c1F. The van der Waals surface area contributed by atoms with E-state index < -0.39 is 5.82 Å². The highest BCUT2D eigenvalue weighted by molar-refractivity contribution is 5.95. The van der Waals surface area contributed by atoms with Gasteiger partial charge in [0.05, 0.1) is 12.7 Å². The molecule has 1 saturated carbocycles. The number of benzene rings is 1. The van der Waals surface area contributed by atoms with Gasteiger partial charge in [0.2, 0.25) is 5.91 Å². The summed E-state index contributed by atoms with van der Waals surface area (Å²) in [5.41, 5.74) is 0.0168. The second kappa shape index (κ2) is 6.56. The summed E-state index contributed by atoms with van der Waals surface area (Å²) in [6.07, 6.45) is 3.09. The number of carbonyl (C=O) groups excluding carboxylic acids is 2. The molecule has 1 saturated heterocycles. The molecule has 1 aromatic rings. The van der Waals surface area contributed by atoms with Crippen LogP contribution in [0.25, 0.3) is 0 Å². The fourth-order valence-electron chi connectivity index (χ4n) is 3.05. The molecule has 2 fully saturated rings. The van der Waals surface area contributed by atoms with Gasteiger partial charge in [-0.1, -0.05) is 12.5 Å². The maximum Gasteiger partial charge on any atom is 0.257 e. The molecule has 0 bridgehead atoms. The number of carbonyl (C=O) groups is 2. The standard InChI is InChI=1S/C17H21FN2O3/c1-23-14-7-3-6-13(15(14)18)17(22)20-10-8-19(9-11-20)16(21)12-4-2-5-12/h3,6-7,12H,2,4-5,8-11H2,1H3. The Kier molecular flexibility index (Phi) is 4.50. The van der Waals surface area contributed by atoms with Crippen molar-refractivity contribution in [2.24, 2.45) is 5.92 Å². The summed E-state index contributed by atoms with van der Waals surface area (Å²) < 4.78 is 19.1. The zero-order valence-corrected chi connectivity index (χ0v) is 13.3. The molecule has 1 aromatic carbocycles. The summed E-state index contributed by atoms with van der Waals surface area (Å²) in [6, 6.07) is 4.55. The molecule has 23 heavy (non-hydrogen) atoms. The van der Waals surface area contributed by atoms with Gasteiger partial charge < -0.3 is 14.5 Å². The zero-order valence-electron chi connectivity index (χ0n) is 13.3. The molecule has 0 aromatic heterocycles. The van der Waals surface area contributed by atoms with E-state index in [2.05, 4.69) is 0 Å². The average Bonchev–Trinajstić information content (AvgIpc) is 2.53. The number of hydrogen-bond donors (Lipinski definition) is 0. The smallest absolute Gasteiger partial charge is 0.257 e. The lowest BCUT2D eigenvalue weighted by atomic mass is 9.84. The van der Waals surface area contributed by atoms with Crippen LogP contribution < -0.4 is 4.74 Å². The number of ether oxygens (including phenoxy) is 1. The second-order valence-electron chi connectivity index (χ2n) is 6.07. The van der Waals surface area contributed by atoms with Gasteiger partial charge in [0, 0.05) is 32.1 Å². The fourth-order valence-corrected chi connectivity index (χ4v) is 3.05. The highest BCUT2D eigenvalue weighted by Gasteiger charge is 2.32. The van der Waals surface area contributed by atoms with Gasteiger partial charge in [-0.25, -0.2) is 4.39 Å². The number of methoxy groups -OCH3 is 1. The van der Waals surface area contributed by atoms with Crippen molar-refractivity contribution in [2.75, 3.05) is 33.3 Å². The Labute approximate surface area is 135 Å². The lowest BCUT2D eigenvalue weighted by Crippen LogP contribution is -2.52. The largest absolute Gasteiger partial charge is 0.494 e. The lowest BCUT2D eigenvalue weighted by Gasteiger charge is -2.38. The van der Waals surface area contributed by atoms with Gasteiger partial charge in [-0.05, 0) is 25.0 Å². The van der Waals surface area contributed by atoms with E-state index in [1.807, 2.05) is 4.90 Å². The fraction of sp³-hybridized carbons (Fsp3) is 0.529. The van der Waals surface area contributed by atoms with Crippen LogP contribution in [0.5, 0.6) is 5.75 Å². The number of piperazine rings is 1. The molecule has 1 heterocycles. The number of amides is 2. The van der Waals surface area contributed by atoms with Gasteiger partial charge in [0.15, 0.2) is 11.6 Å². The van der Waals surface area contributed by atoms with Crippen molar-refractivity contribution in [1.29, 1.82) is 0 Å². The van der Waals surface area contributed by atoms with Gasteiger partial charge >= 0.3 is 0 Å². The summed E-state index contributed by atoms with van der Waals surface area (Å²) in [5.74, 6) is -0.538. The van der Waals surface area contributed by atoms with E-state index in [0.29, 0.717) is 26.2 Å². The predicted octanol–water partition coefficient (Wildman–Crippen LogP) is 1.92. The Morgan fingerprint density at radius 1 is 1.13 bits per heavy atom. The van der Waals surface area contributed by atoms with E-state index in [0.717, 1.165) is 19.3 Å². The number of hydrogen-bond acceptors (Lipinski definition) is 3. The number of nitrogens with zero attached hydrogens (tertiary/aromatic N) is 2. The van der Waals surface area contributed by atoms with Crippen LogP contribution in [0.1, 0.15) is 29.6 Å². The molecule has 124 valence electrons. The molecule has 0 N–H and O–H groups in total. The molecule has 6 heteroatoms. The summed E-state index contributed by atoms with van der Waals surface area (Å²) >= 11 is 0. The first-order valence-corrected chi connectivity index (χ1v) is 8.02. The summed E-state index contributed by atoms with van der Waals surface area (Å²) in [6.45, 7) is 1.92. The summed E-state index contributed by atoms with van der Waals surface area (Å²) in [4.78, 5) is 28.1. The van der Waals surface area contributed by atoms with E-state index in [-0.39, 0.29) is 29.0 Å². The van der Waals surface area contributed by atoms with Crippen LogP contribution in [0.2, 0.25) is 0 Å². The maximum absolute atomic E-state index is 14.2. The van der Waals surface area contributed by atoms with Crippen molar-refractivity contribution < 1.29 is 18.7 Å². The van der Waals surface area contributed by atoms with Crippen LogP contribution in [0.4, 0.5) is 4.39 Å². The van der Waals surface area contributed by atoms with Crippen LogP contribution >= 0.6 is 0 Å². The van der Waals surface area contributed by atoms with Gasteiger partial charge in [-0.2, -0.15) is 0 Å². The molecular formula is C17H21FN2O3. The highest BCUT2D eigenvalue weighted by atomic mass is 19.1. The molecule has 1 aliphatic carbocycles. The third-order valence-corrected chi connectivity index (χ3v) is 4.75. The first kappa shape index (κ1) is 15.8.